The maximum atomic E-state index is 12.5. The molecule has 2 rings (SSSR count). The van der Waals surface area contributed by atoms with Crippen LogP contribution in [0.2, 0.25) is 0 Å². The molecule has 1 aliphatic rings. The van der Waals surface area contributed by atoms with Crippen LogP contribution in [-0.4, -0.2) is 36.2 Å². The van der Waals surface area contributed by atoms with Crippen LogP contribution in [0, 0.1) is 11.8 Å². The Hall–Kier alpha value is -2.87. The van der Waals surface area contributed by atoms with E-state index in [4.69, 9.17) is 0 Å². The van der Waals surface area contributed by atoms with Crippen molar-refractivity contribution in [2.24, 2.45) is 0 Å². The summed E-state index contributed by atoms with van der Waals surface area (Å²) in [6.07, 6.45) is 7.30. The Bertz CT molecular complexity index is 786. The average Bonchev–Trinajstić information content (AvgIpc) is 2.90. The SMILES string of the molecule is COC(=O)CCCC#CCN1C(=O)CCCCC1=CCC(=O)Cc1ccccc1. The number of ketones is 1. The fourth-order valence-corrected chi connectivity index (χ4v) is 3.19. The molecule has 29 heavy (non-hydrogen) atoms. The van der Waals surface area contributed by atoms with Crippen LogP contribution in [-0.2, 0) is 25.5 Å². The van der Waals surface area contributed by atoms with Crippen LogP contribution in [0.4, 0.5) is 0 Å². The van der Waals surface area contributed by atoms with Gasteiger partial charge in [-0.15, -0.1) is 5.92 Å². The van der Waals surface area contributed by atoms with Crippen LogP contribution in [0.1, 0.15) is 56.9 Å². The molecule has 1 heterocycles. The summed E-state index contributed by atoms with van der Waals surface area (Å²) in [6, 6.07) is 9.68. The molecule has 0 bridgehead atoms. The molecule has 0 atom stereocenters. The molecule has 1 aliphatic heterocycles. The number of Topliss-reactive ketones (excluding diaryl/α,β-unsaturated/α-hetero) is 1. The van der Waals surface area contributed by atoms with Gasteiger partial charge in [-0.2, -0.15) is 0 Å². The third kappa shape index (κ3) is 8.35. The van der Waals surface area contributed by atoms with Crippen LogP contribution >= 0.6 is 0 Å². The van der Waals surface area contributed by atoms with Gasteiger partial charge in [-0.25, -0.2) is 0 Å². The number of amides is 1. The lowest BCUT2D eigenvalue weighted by Crippen LogP contribution is -2.29. The molecule has 1 aromatic rings. The number of allylic oxidation sites excluding steroid dienone is 2. The summed E-state index contributed by atoms with van der Waals surface area (Å²) in [5.74, 6) is 6.03. The lowest BCUT2D eigenvalue weighted by Gasteiger charge is -2.21. The lowest BCUT2D eigenvalue weighted by atomic mass is 10.1. The van der Waals surface area contributed by atoms with Crippen molar-refractivity contribution in [2.75, 3.05) is 13.7 Å². The highest BCUT2D eigenvalue weighted by atomic mass is 16.5. The van der Waals surface area contributed by atoms with Gasteiger partial charge in [0.25, 0.3) is 0 Å². The van der Waals surface area contributed by atoms with Crippen LogP contribution in [0.15, 0.2) is 42.1 Å². The lowest BCUT2D eigenvalue weighted by molar-refractivity contribution is -0.140. The number of hydrogen-bond donors (Lipinski definition) is 0. The number of nitrogens with zero attached hydrogens (tertiary/aromatic N) is 1. The fourth-order valence-electron chi connectivity index (χ4n) is 3.19. The van der Waals surface area contributed by atoms with Gasteiger partial charge >= 0.3 is 5.97 Å². The number of carbonyl (C=O) groups is 3. The van der Waals surface area contributed by atoms with Gasteiger partial charge in [0.15, 0.2) is 0 Å². The van der Waals surface area contributed by atoms with Crippen molar-refractivity contribution in [3.8, 4) is 11.8 Å². The van der Waals surface area contributed by atoms with Crippen molar-refractivity contribution in [3.05, 3.63) is 47.7 Å². The minimum Gasteiger partial charge on any atom is -0.469 e. The van der Waals surface area contributed by atoms with Crippen molar-refractivity contribution in [1.29, 1.82) is 0 Å². The normalized spacial score (nSPS) is 15.4. The second-order valence-electron chi connectivity index (χ2n) is 7.07. The highest BCUT2D eigenvalue weighted by Gasteiger charge is 2.20. The van der Waals surface area contributed by atoms with Crippen molar-refractivity contribution in [3.63, 3.8) is 0 Å². The Morgan fingerprint density at radius 3 is 2.66 bits per heavy atom. The molecule has 0 N–H and O–H groups in total. The van der Waals surface area contributed by atoms with Crippen molar-refractivity contribution < 1.29 is 19.1 Å². The van der Waals surface area contributed by atoms with E-state index in [0.717, 1.165) is 30.5 Å². The third-order valence-corrected chi connectivity index (χ3v) is 4.80. The number of esters is 1. The molecule has 0 aromatic heterocycles. The van der Waals surface area contributed by atoms with Gasteiger partial charge in [0.2, 0.25) is 5.91 Å². The second-order valence-corrected chi connectivity index (χ2v) is 7.07. The summed E-state index contributed by atoms with van der Waals surface area (Å²) in [5, 5.41) is 0. The first kappa shape index (κ1) is 22.4. The van der Waals surface area contributed by atoms with Crippen LogP contribution in [0.3, 0.4) is 0 Å². The first-order valence-electron chi connectivity index (χ1n) is 10.2. The summed E-state index contributed by atoms with van der Waals surface area (Å²) in [6.45, 7) is 0.329. The zero-order chi connectivity index (χ0) is 20.9. The van der Waals surface area contributed by atoms with Gasteiger partial charge in [0, 0.05) is 37.8 Å². The number of unbranched alkanes of at least 4 members (excludes halogenated alkanes) is 1. The van der Waals surface area contributed by atoms with E-state index in [1.165, 1.54) is 7.11 Å². The van der Waals surface area contributed by atoms with E-state index in [9.17, 15) is 14.4 Å². The van der Waals surface area contributed by atoms with Gasteiger partial charge in [-0.05, 0) is 31.2 Å². The van der Waals surface area contributed by atoms with Crippen LogP contribution in [0.5, 0.6) is 0 Å². The van der Waals surface area contributed by atoms with E-state index in [1.54, 1.807) is 4.90 Å². The third-order valence-electron chi connectivity index (χ3n) is 4.80. The van der Waals surface area contributed by atoms with E-state index in [1.807, 2.05) is 36.4 Å². The summed E-state index contributed by atoms with van der Waals surface area (Å²) in [7, 11) is 1.37. The van der Waals surface area contributed by atoms with E-state index in [-0.39, 0.29) is 17.7 Å². The molecule has 1 fully saturated rings. The van der Waals surface area contributed by atoms with E-state index >= 15 is 0 Å². The number of benzene rings is 1. The Labute approximate surface area is 173 Å². The summed E-state index contributed by atoms with van der Waals surface area (Å²) < 4.78 is 4.60. The average molecular weight is 395 g/mol. The number of carbonyl (C=O) groups excluding carboxylic acids is 3. The van der Waals surface area contributed by atoms with Crippen molar-refractivity contribution in [2.45, 2.75) is 57.8 Å². The molecule has 0 spiro atoms. The molecule has 0 radical (unpaired) electrons. The van der Waals surface area contributed by atoms with Gasteiger partial charge in [0.1, 0.15) is 5.78 Å². The largest absolute Gasteiger partial charge is 0.469 e. The molecular weight excluding hydrogens is 366 g/mol. The number of ether oxygens (including phenoxy) is 1. The second kappa shape index (κ2) is 12.6. The van der Waals surface area contributed by atoms with Crippen molar-refractivity contribution in [1.82, 2.24) is 4.90 Å². The zero-order valence-electron chi connectivity index (χ0n) is 17.1. The van der Waals surface area contributed by atoms with Crippen LogP contribution in [0.25, 0.3) is 0 Å². The molecule has 0 aliphatic carbocycles. The fraction of sp³-hybridized carbons (Fsp3) is 0.458. The molecular formula is C24H29NO4. The smallest absolute Gasteiger partial charge is 0.305 e. The molecule has 1 amide bonds. The Morgan fingerprint density at radius 2 is 1.90 bits per heavy atom. The van der Waals surface area contributed by atoms with E-state index in [2.05, 4.69) is 16.6 Å². The van der Waals surface area contributed by atoms with Gasteiger partial charge in [0.05, 0.1) is 13.7 Å². The monoisotopic (exact) mass is 395 g/mol. The minimum atomic E-state index is -0.236. The predicted molar refractivity (Wildman–Crippen MR) is 112 cm³/mol. The van der Waals surface area contributed by atoms with Gasteiger partial charge in [-0.3, -0.25) is 14.4 Å². The number of hydrogen-bond acceptors (Lipinski definition) is 4. The molecule has 5 heteroatoms. The summed E-state index contributed by atoms with van der Waals surface area (Å²) in [4.78, 5) is 37.6. The molecule has 154 valence electrons. The van der Waals surface area contributed by atoms with E-state index < -0.39 is 0 Å². The standard InChI is InChI=1S/C24H29NO4/c1-29-24(28)15-7-2-3-10-18-25-21(13-8-9-14-23(25)27)16-17-22(26)19-20-11-5-4-6-12-20/h4-6,11-12,16H,2,7-9,13-15,17-19H2,1H3. The summed E-state index contributed by atoms with van der Waals surface area (Å²) in [5.41, 5.74) is 1.90. The zero-order valence-corrected chi connectivity index (χ0v) is 17.1. The quantitative estimate of drug-likeness (QED) is 0.381. The number of rotatable bonds is 8. The van der Waals surface area contributed by atoms with Crippen LogP contribution < -0.4 is 0 Å². The summed E-state index contributed by atoms with van der Waals surface area (Å²) >= 11 is 0. The Morgan fingerprint density at radius 1 is 1.14 bits per heavy atom. The molecule has 1 aromatic carbocycles. The minimum absolute atomic E-state index is 0.0631. The molecule has 1 saturated heterocycles. The van der Waals surface area contributed by atoms with Gasteiger partial charge < -0.3 is 9.64 Å². The molecule has 5 nitrogen and oxygen atoms in total. The number of likely N-dealkylation sites (tertiary alicyclic amines) is 1. The highest BCUT2D eigenvalue weighted by Crippen LogP contribution is 2.21. The first-order valence-corrected chi connectivity index (χ1v) is 10.2. The maximum Gasteiger partial charge on any atom is 0.305 e. The predicted octanol–water partition coefficient (Wildman–Crippen LogP) is 3.82. The van der Waals surface area contributed by atoms with Gasteiger partial charge in [-0.1, -0.05) is 42.3 Å². The highest BCUT2D eigenvalue weighted by molar-refractivity contribution is 5.83. The molecule has 0 unspecified atom stereocenters. The van der Waals surface area contributed by atoms with E-state index in [0.29, 0.717) is 45.1 Å². The Balaban J connectivity index is 1.92. The maximum absolute atomic E-state index is 12.5. The number of methoxy groups -OCH3 is 1. The van der Waals surface area contributed by atoms with Crippen molar-refractivity contribution >= 4 is 17.7 Å². The topological polar surface area (TPSA) is 63.7 Å². The first-order chi connectivity index (χ1) is 14.1. The molecule has 0 saturated carbocycles. The Kier molecular flexibility index (Phi) is 9.71.